The lowest BCUT2D eigenvalue weighted by Crippen LogP contribution is -2.40. The summed E-state index contributed by atoms with van der Waals surface area (Å²) in [5, 5.41) is 10.8. The van der Waals surface area contributed by atoms with Gasteiger partial charge in [-0.15, -0.1) is 0 Å². The molecule has 4 aromatic carbocycles. The fourth-order valence-electron chi connectivity index (χ4n) is 4.67. The second-order valence-corrected chi connectivity index (χ2v) is 8.32. The molecule has 0 atom stereocenters. The summed E-state index contributed by atoms with van der Waals surface area (Å²) in [4.78, 5) is 16.0. The van der Waals surface area contributed by atoms with E-state index in [0.29, 0.717) is 12.1 Å². The second-order valence-electron chi connectivity index (χ2n) is 8.32. The van der Waals surface area contributed by atoms with Crippen molar-refractivity contribution in [1.82, 2.24) is 4.90 Å². The number of benzene rings is 4. The summed E-state index contributed by atoms with van der Waals surface area (Å²) in [7, 11) is 0. The third-order valence-corrected chi connectivity index (χ3v) is 6.27. The molecule has 158 valence electrons. The number of phenolic OH excluding ortho intramolecular Hbond substituents is 1. The molecule has 0 heterocycles. The Balaban J connectivity index is 1.56. The summed E-state index contributed by atoms with van der Waals surface area (Å²) >= 11 is 0. The molecule has 0 fully saturated rings. The van der Waals surface area contributed by atoms with E-state index in [2.05, 4.69) is 24.3 Å². The van der Waals surface area contributed by atoms with Crippen molar-refractivity contribution >= 4 is 5.91 Å². The molecule has 1 aliphatic rings. The zero-order valence-corrected chi connectivity index (χ0v) is 17.8. The molecule has 1 N–H and O–H groups in total. The summed E-state index contributed by atoms with van der Waals surface area (Å²) in [5.41, 5.74) is 5.71. The SMILES string of the molecule is O=C(c1c(O)cccc1-c1ccccc1)N(Cc1ccccc1)C1Cc2ccccc2C1. The standard InChI is InChI=1S/C29H25NO2/c31-27-17-9-16-26(22-12-5-2-6-13-22)28(27)29(32)30(20-21-10-3-1-4-11-21)25-18-23-14-7-8-15-24(23)19-25/h1-17,25,31H,18-20H2. The van der Waals surface area contributed by atoms with Crippen molar-refractivity contribution in [1.29, 1.82) is 0 Å². The lowest BCUT2D eigenvalue weighted by molar-refractivity contribution is 0.0665. The van der Waals surface area contributed by atoms with Crippen LogP contribution in [0, 0.1) is 0 Å². The molecule has 0 spiro atoms. The molecule has 0 radical (unpaired) electrons. The zero-order valence-electron chi connectivity index (χ0n) is 17.8. The number of aromatic hydroxyl groups is 1. The first-order chi connectivity index (χ1) is 15.7. The topological polar surface area (TPSA) is 40.5 Å². The average Bonchev–Trinajstić information content (AvgIpc) is 3.27. The fraction of sp³-hybridized carbons (Fsp3) is 0.138. The van der Waals surface area contributed by atoms with E-state index in [-0.39, 0.29) is 17.7 Å². The highest BCUT2D eigenvalue weighted by Crippen LogP contribution is 2.34. The Labute approximate surface area is 188 Å². The van der Waals surface area contributed by atoms with Gasteiger partial charge in [-0.05, 0) is 46.7 Å². The minimum Gasteiger partial charge on any atom is -0.507 e. The number of fused-ring (bicyclic) bond motifs is 1. The molecule has 5 rings (SSSR count). The zero-order chi connectivity index (χ0) is 21.9. The van der Waals surface area contributed by atoms with Gasteiger partial charge in [0.2, 0.25) is 0 Å². The van der Waals surface area contributed by atoms with Crippen LogP contribution in [-0.4, -0.2) is 22.0 Å². The highest BCUT2D eigenvalue weighted by molar-refractivity contribution is 6.03. The molecule has 0 saturated heterocycles. The number of amides is 1. The highest BCUT2D eigenvalue weighted by Gasteiger charge is 2.32. The monoisotopic (exact) mass is 419 g/mol. The summed E-state index contributed by atoms with van der Waals surface area (Å²) in [5.74, 6) is -0.117. The maximum Gasteiger partial charge on any atom is 0.258 e. The van der Waals surface area contributed by atoms with Gasteiger partial charge in [0.05, 0.1) is 5.56 Å². The van der Waals surface area contributed by atoms with Crippen molar-refractivity contribution < 1.29 is 9.90 Å². The third kappa shape index (κ3) is 3.90. The van der Waals surface area contributed by atoms with Crippen molar-refractivity contribution in [2.45, 2.75) is 25.4 Å². The van der Waals surface area contributed by atoms with Crippen molar-refractivity contribution in [2.75, 3.05) is 0 Å². The van der Waals surface area contributed by atoms with Gasteiger partial charge in [-0.3, -0.25) is 4.79 Å². The average molecular weight is 420 g/mol. The van der Waals surface area contributed by atoms with Gasteiger partial charge in [-0.25, -0.2) is 0 Å². The highest BCUT2D eigenvalue weighted by atomic mass is 16.3. The van der Waals surface area contributed by atoms with Crippen molar-refractivity contribution in [3.63, 3.8) is 0 Å². The van der Waals surface area contributed by atoms with E-state index >= 15 is 0 Å². The Kier molecular flexibility index (Phi) is 5.47. The van der Waals surface area contributed by atoms with Gasteiger partial charge in [0.25, 0.3) is 5.91 Å². The van der Waals surface area contributed by atoms with Gasteiger partial charge < -0.3 is 10.0 Å². The first-order valence-corrected chi connectivity index (χ1v) is 11.0. The van der Waals surface area contributed by atoms with E-state index in [0.717, 1.165) is 29.5 Å². The van der Waals surface area contributed by atoms with E-state index in [4.69, 9.17) is 0 Å². The van der Waals surface area contributed by atoms with E-state index in [9.17, 15) is 9.90 Å². The van der Waals surface area contributed by atoms with Crippen LogP contribution in [0.2, 0.25) is 0 Å². The second kappa shape index (κ2) is 8.72. The molecule has 1 aliphatic carbocycles. The number of nitrogens with zero attached hydrogens (tertiary/aromatic N) is 1. The van der Waals surface area contributed by atoms with Gasteiger partial charge in [0.15, 0.2) is 0 Å². The van der Waals surface area contributed by atoms with Gasteiger partial charge >= 0.3 is 0 Å². The van der Waals surface area contributed by atoms with E-state index in [1.807, 2.05) is 71.6 Å². The molecule has 0 saturated carbocycles. The number of phenols is 1. The van der Waals surface area contributed by atoms with Crippen LogP contribution in [0.25, 0.3) is 11.1 Å². The number of hydrogen-bond acceptors (Lipinski definition) is 2. The maximum atomic E-state index is 14.1. The van der Waals surface area contributed by atoms with Gasteiger partial charge in [0.1, 0.15) is 5.75 Å². The summed E-state index contributed by atoms with van der Waals surface area (Å²) in [6.07, 6.45) is 1.64. The molecular formula is C29H25NO2. The van der Waals surface area contributed by atoms with Crippen molar-refractivity contribution in [3.05, 3.63) is 125 Å². The fourth-order valence-corrected chi connectivity index (χ4v) is 4.67. The van der Waals surface area contributed by atoms with Gasteiger partial charge in [-0.1, -0.05) is 97.1 Å². The number of rotatable bonds is 5. The molecule has 3 nitrogen and oxygen atoms in total. The number of carbonyl (C=O) groups excluding carboxylic acids is 1. The van der Waals surface area contributed by atoms with Crippen LogP contribution in [0.5, 0.6) is 5.75 Å². The molecule has 32 heavy (non-hydrogen) atoms. The van der Waals surface area contributed by atoms with Crippen LogP contribution >= 0.6 is 0 Å². The predicted molar refractivity (Wildman–Crippen MR) is 127 cm³/mol. The first kappa shape index (κ1) is 20.1. The van der Waals surface area contributed by atoms with Gasteiger partial charge in [0, 0.05) is 12.6 Å². The van der Waals surface area contributed by atoms with Crippen LogP contribution in [0.15, 0.2) is 103 Å². The Bertz CT molecular complexity index is 1210. The number of carbonyl (C=O) groups is 1. The Morgan fingerprint density at radius 3 is 2.00 bits per heavy atom. The molecule has 0 aromatic heterocycles. The lowest BCUT2D eigenvalue weighted by atomic mass is 9.97. The lowest BCUT2D eigenvalue weighted by Gasteiger charge is -2.30. The van der Waals surface area contributed by atoms with E-state index in [1.54, 1.807) is 12.1 Å². The van der Waals surface area contributed by atoms with Crippen LogP contribution in [0.4, 0.5) is 0 Å². The minimum absolute atomic E-state index is 0.0184. The first-order valence-electron chi connectivity index (χ1n) is 11.0. The smallest absolute Gasteiger partial charge is 0.258 e. The van der Waals surface area contributed by atoms with Crippen molar-refractivity contribution in [2.24, 2.45) is 0 Å². The van der Waals surface area contributed by atoms with Crippen LogP contribution in [-0.2, 0) is 19.4 Å². The Morgan fingerprint density at radius 1 is 0.750 bits per heavy atom. The quantitative estimate of drug-likeness (QED) is 0.440. The van der Waals surface area contributed by atoms with E-state index < -0.39 is 0 Å². The summed E-state index contributed by atoms with van der Waals surface area (Å²) in [6.45, 7) is 0.501. The minimum atomic E-state index is -0.136. The van der Waals surface area contributed by atoms with Crippen LogP contribution < -0.4 is 0 Å². The molecule has 0 aliphatic heterocycles. The van der Waals surface area contributed by atoms with Crippen LogP contribution in [0.1, 0.15) is 27.0 Å². The Hall–Kier alpha value is -3.85. The summed E-state index contributed by atoms with van der Waals surface area (Å²) < 4.78 is 0. The molecule has 0 unspecified atom stereocenters. The molecule has 4 aromatic rings. The van der Waals surface area contributed by atoms with Gasteiger partial charge in [-0.2, -0.15) is 0 Å². The third-order valence-electron chi connectivity index (χ3n) is 6.27. The molecule has 0 bridgehead atoms. The van der Waals surface area contributed by atoms with Crippen molar-refractivity contribution in [3.8, 4) is 16.9 Å². The van der Waals surface area contributed by atoms with Crippen LogP contribution in [0.3, 0.4) is 0 Å². The largest absolute Gasteiger partial charge is 0.507 e. The molecular weight excluding hydrogens is 394 g/mol. The molecule has 3 heteroatoms. The normalized spacial score (nSPS) is 13.0. The van der Waals surface area contributed by atoms with E-state index in [1.165, 1.54) is 11.1 Å². The predicted octanol–water partition coefficient (Wildman–Crippen LogP) is 5.87. The summed E-state index contributed by atoms with van der Waals surface area (Å²) in [6, 6.07) is 33.6. The number of hydrogen-bond donors (Lipinski definition) is 1. The Morgan fingerprint density at radius 2 is 1.34 bits per heavy atom. The maximum absolute atomic E-state index is 14.1. The molecule has 1 amide bonds.